The third kappa shape index (κ3) is 2.99. The molecule has 6 heteroatoms. The highest BCUT2D eigenvalue weighted by molar-refractivity contribution is 6.02. The van der Waals surface area contributed by atoms with Gasteiger partial charge in [-0.25, -0.2) is 9.97 Å². The van der Waals surface area contributed by atoms with Gasteiger partial charge in [-0.3, -0.25) is 0 Å². The van der Waals surface area contributed by atoms with Gasteiger partial charge in [0.25, 0.3) is 0 Å². The average Bonchev–Trinajstić information content (AvgIpc) is 3.37. The molecule has 4 rings (SSSR count). The summed E-state index contributed by atoms with van der Waals surface area (Å²) in [4.78, 5) is 8.71. The molecule has 0 spiro atoms. The fraction of sp³-hybridized carbons (Fsp3) is 0.368. The van der Waals surface area contributed by atoms with Crippen molar-refractivity contribution in [3.8, 4) is 11.1 Å². The first-order valence-electron chi connectivity index (χ1n) is 8.60. The van der Waals surface area contributed by atoms with Crippen LogP contribution in [0.2, 0.25) is 0 Å². The lowest BCUT2D eigenvalue weighted by Crippen LogP contribution is -2.08. The van der Waals surface area contributed by atoms with Crippen LogP contribution in [0.25, 0.3) is 22.2 Å². The van der Waals surface area contributed by atoms with Crippen LogP contribution in [0.1, 0.15) is 17.7 Å². The van der Waals surface area contributed by atoms with Gasteiger partial charge in [0.15, 0.2) is 0 Å². The smallest absolute Gasteiger partial charge is 0.146 e. The van der Waals surface area contributed by atoms with Crippen LogP contribution >= 0.6 is 0 Å². The Labute approximate surface area is 146 Å². The van der Waals surface area contributed by atoms with Crippen molar-refractivity contribution in [1.29, 1.82) is 0 Å². The highest BCUT2D eigenvalue weighted by Crippen LogP contribution is 2.38. The predicted octanol–water partition coefficient (Wildman–Crippen LogP) is 2.31. The van der Waals surface area contributed by atoms with Crippen molar-refractivity contribution in [3.63, 3.8) is 0 Å². The second kappa shape index (κ2) is 6.46. The summed E-state index contributed by atoms with van der Waals surface area (Å²) in [5, 5.41) is 10.2. The van der Waals surface area contributed by atoms with E-state index in [4.69, 9.17) is 10.5 Å². The molecule has 1 fully saturated rings. The number of fused-ring (bicyclic) bond motifs is 1. The van der Waals surface area contributed by atoms with Crippen molar-refractivity contribution in [2.75, 3.05) is 18.9 Å². The van der Waals surface area contributed by atoms with Crippen molar-refractivity contribution in [2.24, 2.45) is 0 Å². The molecule has 0 aliphatic carbocycles. The van der Waals surface area contributed by atoms with Crippen molar-refractivity contribution in [2.45, 2.75) is 32.4 Å². The molecule has 2 aromatic heterocycles. The maximum absolute atomic E-state index is 9.30. The Morgan fingerprint density at radius 3 is 2.72 bits per heavy atom. The van der Waals surface area contributed by atoms with Gasteiger partial charge in [0.1, 0.15) is 17.8 Å². The van der Waals surface area contributed by atoms with E-state index in [1.165, 1.54) is 11.9 Å². The summed E-state index contributed by atoms with van der Waals surface area (Å²) in [6.07, 6.45) is 3.23. The van der Waals surface area contributed by atoms with Crippen LogP contribution in [0.15, 0.2) is 30.6 Å². The third-order valence-corrected chi connectivity index (χ3v) is 4.68. The maximum Gasteiger partial charge on any atom is 0.146 e. The van der Waals surface area contributed by atoms with E-state index in [0.29, 0.717) is 18.8 Å². The number of nitrogen functional groups attached to an aromatic ring is 1. The van der Waals surface area contributed by atoms with Crippen molar-refractivity contribution < 1.29 is 9.84 Å². The Hall–Kier alpha value is -2.44. The van der Waals surface area contributed by atoms with E-state index in [9.17, 15) is 5.11 Å². The molecule has 3 N–H and O–H groups in total. The van der Waals surface area contributed by atoms with Gasteiger partial charge in [0.2, 0.25) is 0 Å². The van der Waals surface area contributed by atoms with E-state index in [1.54, 1.807) is 0 Å². The summed E-state index contributed by atoms with van der Waals surface area (Å²) in [5.74, 6) is 0.487. The van der Waals surface area contributed by atoms with Crippen molar-refractivity contribution in [3.05, 3.63) is 41.9 Å². The second-order valence-electron chi connectivity index (χ2n) is 6.53. The van der Waals surface area contributed by atoms with Gasteiger partial charge in [0.05, 0.1) is 18.1 Å². The molecule has 1 unspecified atom stereocenters. The second-order valence-corrected chi connectivity index (χ2v) is 6.53. The van der Waals surface area contributed by atoms with Crippen molar-refractivity contribution in [1.82, 2.24) is 14.5 Å². The van der Waals surface area contributed by atoms with Crippen LogP contribution in [0.3, 0.4) is 0 Å². The molecule has 0 amide bonds. The van der Waals surface area contributed by atoms with E-state index in [-0.39, 0.29) is 12.7 Å². The zero-order chi connectivity index (χ0) is 17.4. The Bertz CT molecular complexity index is 898. The Morgan fingerprint density at radius 2 is 2.04 bits per heavy atom. The number of rotatable bonds is 6. The lowest BCUT2D eigenvalue weighted by atomic mass is 9.99. The van der Waals surface area contributed by atoms with Gasteiger partial charge in [-0.15, -0.1) is 0 Å². The van der Waals surface area contributed by atoms with Gasteiger partial charge >= 0.3 is 0 Å². The van der Waals surface area contributed by atoms with Gasteiger partial charge in [0, 0.05) is 30.8 Å². The normalized spacial score (nSPS) is 16.5. The number of aryl methyl sites for hydroxylation is 2. The lowest BCUT2D eigenvalue weighted by Gasteiger charge is -2.11. The number of aliphatic hydroxyl groups is 1. The van der Waals surface area contributed by atoms with Crippen LogP contribution < -0.4 is 5.73 Å². The molecular weight excluding hydrogens is 316 g/mol. The number of nitrogens with two attached hydrogens (primary N) is 1. The Morgan fingerprint density at radius 1 is 1.28 bits per heavy atom. The van der Waals surface area contributed by atoms with Crippen LogP contribution in [0.5, 0.6) is 0 Å². The molecule has 25 heavy (non-hydrogen) atoms. The number of aliphatic hydroxyl groups excluding tert-OH is 1. The molecule has 6 nitrogen and oxygen atoms in total. The minimum Gasteiger partial charge on any atom is -0.396 e. The SMILES string of the molecule is Cc1ccc(-c2c(CC3CO3)n(CCCO)c3ncnc(N)c23)cc1. The van der Waals surface area contributed by atoms with E-state index < -0.39 is 0 Å². The predicted molar refractivity (Wildman–Crippen MR) is 97.3 cm³/mol. The van der Waals surface area contributed by atoms with E-state index in [0.717, 1.165) is 40.9 Å². The minimum atomic E-state index is 0.138. The number of nitrogens with zero attached hydrogens (tertiary/aromatic N) is 3. The molecule has 130 valence electrons. The van der Waals surface area contributed by atoms with Gasteiger partial charge in [-0.2, -0.15) is 0 Å². The van der Waals surface area contributed by atoms with Crippen molar-refractivity contribution >= 4 is 16.9 Å². The third-order valence-electron chi connectivity index (χ3n) is 4.68. The number of aromatic nitrogens is 3. The molecule has 3 aromatic rings. The molecule has 1 atom stereocenters. The molecule has 1 aliphatic heterocycles. The number of epoxide rings is 1. The first-order valence-corrected chi connectivity index (χ1v) is 8.60. The fourth-order valence-electron chi connectivity index (χ4n) is 3.36. The maximum atomic E-state index is 9.30. The lowest BCUT2D eigenvalue weighted by molar-refractivity contribution is 0.279. The largest absolute Gasteiger partial charge is 0.396 e. The zero-order valence-electron chi connectivity index (χ0n) is 14.3. The zero-order valence-corrected chi connectivity index (χ0v) is 14.3. The molecule has 0 saturated carbocycles. The summed E-state index contributed by atoms with van der Waals surface area (Å²) in [6.45, 7) is 3.69. The first-order chi connectivity index (χ1) is 12.2. The first kappa shape index (κ1) is 16.1. The molecule has 0 radical (unpaired) electrons. The highest BCUT2D eigenvalue weighted by atomic mass is 16.6. The number of hydrogen-bond acceptors (Lipinski definition) is 5. The fourth-order valence-corrected chi connectivity index (χ4v) is 3.36. The quantitative estimate of drug-likeness (QED) is 0.673. The summed E-state index contributed by atoms with van der Waals surface area (Å²) in [5.41, 5.74) is 11.6. The molecule has 3 heterocycles. The number of hydrogen-bond donors (Lipinski definition) is 2. The summed E-state index contributed by atoms with van der Waals surface area (Å²) in [6, 6.07) is 8.43. The minimum absolute atomic E-state index is 0.138. The number of anilines is 1. The number of ether oxygens (including phenoxy) is 1. The van der Waals surface area contributed by atoms with E-state index >= 15 is 0 Å². The van der Waals surface area contributed by atoms with E-state index in [1.807, 2.05) is 0 Å². The molecule has 1 aliphatic rings. The standard InChI is InChI=1S/C19H22N4O2/c1-12-3-5-13(6-4-12)16-15(9-14-10-25-14)23(7-2-8-24)19-17(16)18(20)21-11-22-19/h3-6,11,14,24H,2,7-10H2,1H3,(H2,20,21,22). The topological polar surface area (TPSA) is 89.5 Å². The summed E-state index contributed by atoms with van der Waals surface area (Å²) in [7, 11) is 0. The Kier molecular flexibility index (Phi) is 4.15. The highest BCUT2D eigenvalue weighted by Gasteiger charge is 2.29. The van der Waals surface area contributed by atoms with Gasteiger partial charge in [-0.05, 0) is 18.9 Å². The molecular formula is C19H22N4O2. The number of benzene rings is 1. The van der Waals surface area contributed by atoms with Gasteiger partial charge in [-0.1, -0.05) is 29.8 Å². The van der Waals surface area contributed by atoms with Gasteiger partial charge < -0.3 is 20.1 Å². The Balaban J connectivity index is 1.98. The molecule has 1 saturated heterocycles. The summed E-state index contributed by atoms with van der Waals surface area (Å²) >= 11 is 0. The monoisotopic (exact) mass is 338 g/mol. The molecule has 1 aromatic carbocycles. The summed E-state index contributed by atoms with van der Waals surface area (Å²) < 4.78 is 7.65. The van der Waals surface area contributed by atoms with E-state index in [2.05, 4.69) is 45.7 Å². The van der Waals surface area contributed by atoms with Crippen LogP contribution in [-0.4, -0.2) is 39.0 Å². The van der Waals surface area contributed by atoms with Crippen LogP contribution in [0.4, 0.5) is 5.82 Å². The van der Waals surface area contributed by atoms with Crippen LogP contribution in [0, 0.1) is 6.92 Å². The average molecular weight is 338 g/mol. The molecule has 0 bridgehead atoms. The van der Waals surface area contributed by atoms with Crippen LogP contribution in [-0.2, 0) is 17.7 Å².